The highest BCUT2D eigenvalue weighted by Crippen LogP contribution is 2.13. The largest absolute Gasteiger partial charge is 0.332 e. The van der Waals surface area contributed by atoms with Gasteiger partial charge in [0.2, 0.25) is 11.8 Å². The van der Waals surface area contributed by atoms with E-state index >= 15 is 0 Å². The summed E-state index contributed by atoms with van der Waals surface area (Å²) >= 11 is 10.1. The van der Waals surface area contributed by atoms with Gasteiger partial charge in [0.1, 0.15) is 0 Å². The third kappa shape index (κ3) is 7.16. The van der Waals surface area contributed by atoms with Gasteiger partial charge >= 0.3 is 0 Å². The molecule has 6 nitrogen and oxygen atoms in total. The van der Waals surface area contributed by atoms with Crippen LogP contribution in [0, 0.1) is 5.92 Å². The van der Waals surface area contributed by atoms with Crippen LogP contribution in [-0.2, 0) is 9.59 Å². The van der Waals surface area contributed by atoms with Crippen molar-refractivity contribution in [2.24, 2.45) is 5.92 Å². The Kier molecular flexibility index (Phi) is 7.56. The van der Waals surface area contributed by atoms with E-state index < -0.39 is 0 Å². The van der Waals surface area contributed by atoms with Gasteiger partial charge in [-0.25, -0.2) is 0 Å². The molecule has 4 N–H and O–H groups in total. The molecular formula is C15H20N4O2S2. The molecule has 0 aromatic heterocycles. The van der Waals surface area contributed by atoms with E-state index in [0.29, 0.717) is 6.42 Å². The Morgan fingerprint density at radius 2 is 1.39 bits per heavy atom. The molecule has 0 atom stereocenters. The van der Waals surface area contributed by atoms with Gasteiger partial charge in [0.05, 0.1) is 0 Å². The van der Waals surface area contributed by atoms with Crippen LogP contribution < -0.4 is 21.3 Å². The number of benzene rings is 1. The molecule has 1 aromatic carbocycles. The smallest absolute Gasteiger partial charge is 0.228 e. The minimum atomic E-state index is -0.146. The molecule has 0 fully saturated rings. The van der Waals surface area contributed by atoms with E-state index in [4.69, 9.17) is 24.4 Å². The third-order valence-corrected chi connectivity index (χ3v) is 3.14. The van der Waals surface area contributed by atoms with Crippen molar-refractivity contribution in [3.8, 4) is 0 Å². The van der Waals surface area contributed by atoms with Crippen molar-refractivity contribution in [2.75, 3.05) is 10.6 Å². The zero-order valence-corrected chi connectivity index (χ0v) is 14.9. The second kappa shape index (κ2) is 9.16. The van der Waals surface area contributed by atoms with Crippen molar-refractivity contribution >= 4 is 57.8 Å². The third-order valence-electron chi connectivity index (χ3n) is 2.74. The monoisotopic (exact) mass is 352 g/mol. The Bertz CT molecular complexity index is 600. The van der Waals surface area contributed by atoms with Crippen molar-refractivity contribution in [2.45, 2.75) is 27.2 Å². The van der Waals surface area contributed by atoms with Gasteiger partial charge in [0, 0.05) is 23.7 Å². The normalized spacial score (nSPS) is 9.91. The maximum absolute atomic E-state index is 11.5. The maximum Gasteiger partial charge on any atom is 0.228 e. The number of nitrogens with one attached hydrogen (secondary N) is 4. The molecule has 1 aromatic rings. The van der Waals surface area contributed by atoms with Gasteiger partial charge in [-0.15, -0.1) is 0 Å². The molecule has 0 unspecified atom stereocenters. The molecule has 0 aliphatic rings. The van der Waals surface area contributed by atoms with E-state index in [-0.39, 0.29) is 28.0 Å². The fraction of sp³-hybridized carbons (Fsp3) is 0.333. The summed E-state index contributed by atoms with van der Waals surface area (Å²) in [6.45, 7) is 5.33. The Balaban J connectivity index is 2.53. The molecule has 0 radical (unpaired) electrons. The number of thiocarbonyl (C=S) groups is 2. The molecule has 0 aliphatic carbocycles. The predicted molar refractivity (Wildman–Crippen MR) is 100 cm³/mol. The lowest BCUT2D eigenvalue weighted by Crippen LogP contribution is -2.36. The molecule has 8 heteroatoms. The number of anilines is 2. The van der Waals surface area contributed by atoms with Crippen LogP contribution >= 0.6 is 24.4 Å². The van der Waals surface area contributed by atoms with Crippen molar-refractivity contribution in [1.82, 2.24) is 10.6 Å². The summed E-state index contributed by atoms with van der Waals surface area (Å²) in [4.78, 5) is 22.8. The Labute approximate surface area is 146 Å². The Morgan fingerprint density at radius 3 is 1.78 bits per heavy atom. The highest BCUT2D eigenvalue weighted by Gasteiger charge is 2.09. The van der Waals surface area contributed by atoms with Crippen LogP contribution in [0.4, 0.5) is 11.4 Å². The topological polar surface area (TPSA) is 82.3 Å². The van der Waals surface area contributed by atoms with E-state index in [2.05, 4.69) is 21.3 Å². The highest BCUT2D eigenvalue weighted by molar-refractivity contribution is 7.80. The zero-order valence-electron chi connectivity index (χ0n) is 13.2. The quantitative estimate of drug-likeness (QED) is 0.623. The highest BCUT2D eigenvalue weighted by atomic mass is 32.1. The van der Waals surface area contributed by atoms with E-state index in [1.54, 1.807) is 45.0 Å². The second-order valence-corrected chi connectivity index (χ2v) is 5.85. The lowest BCUT2D eigenvalue weighted by Gasteiger charge is -2.12. The summed E-state index contributed by atoms with van der Waals surface area (Å²) in [7, 11) is 0. The van der Waals surface area contributed by atoms with Crippen LogP contribution in [0.5, 0.6) is 0 Å². The van der Waals surface area contributed by atoms with Gasteiger partial charge in [-0.05, 0) is 48.7 Å². The lowest BCUT2D eigenvalue weighted by atomic mass is 10.2. The minimum Gasteiger partial charge on any atom is -0.332 e. The lowest BCUT2D eigenvalue weighted by molar-refractivity contribution is -0.122. The molecule has 2 amide bonds. The van der Waals surface area contributed by atoms with Gasteiger partial charge in [-0.3, -0.25) is 9.59 Å². The van der Waals surface area contributed by atoms with Crippen LogP contribution in [0.25, 0.3) is 0 Å². The number of carbonyl (C=O) groups excluding carboxylic acids is 2. The molecule has 0 bridgehead atoms. The van der Waals surface area contributed by atoms with Gasteiger partial charge < -0.3 is 21.3 Å². The second-order valence-electron chi connectivity index (χ2n) is 5.03. The fourth-order valence-corrected chi connectivity index (χ4v) is 1.88. The first kappa shape index (κ1) is 19.0. The molecule has 0 saturated heterocycles. The molecule has 23 heavy (non-hydrogen) atoms. The average molecular weight is 352 g/mol. The number of rotatable bonds is 4. The van der Waals surface area contributed by atoms with Crippen molar-refractivity contribution < 1.29 is 9.59 Å². The summed E-state index contributed by atoms with van der Waals surface area (Å²) in [5.41, 5.74) is 1.46. The van der Waals surface area contributed by atoms with E-state index in [0.717, 1.165) is 11.4 Å². The summed E-state index contributed by atoms with van der Waals surface area (Å²) in [6.07, 6.45) is 0.365. The van der Waals surface area contributed by atoms with Gasteiger partial charge in [0.25, 0.3) is 0 Å². The van der Waals surface area contributed by atoms with Crippen molar-refractivity contribution in [1.29, 1.82) is 0 Å². The van der Waals surface area contributed by atoms with Gasteiger partial charge in [-0.2, -0.15) is 0 Å². The van der Waals surface area contributed by atoms with Crippen molar-refractivity contribution in [3.05, 3.63) is 24.3 Å². The number of carbonyl (C=O) groups is 2. The standard InChI is InChI=1S/C15H20N4O2S2/c1-4-12(20)18-14(22)16-10-5-7-11(8-6-10)17-15(23)19-13(21)9(2)3/h5-9H,4H2,1-3H3,(H2,16,18,20,22)(H2,17,19,21,23). The zero-order chi connectivity index (χ0) is 17.4. The minimum absolute atomic E-state index is 0.138. The summed E-state index contributed by atoms with van der Waals surface area (Å²) in [6, 6.07) is 7.11. The molecule has 0 saturated carbocycles. The van der Waals surface area contributed by atoms with E-state index in [1.807, 2.05) is 0 Å². The van der Waals surface area contributed by atoms with Gasteiger partial charge in [0.15, 0.2) is 10.2 Å². The van der Waals surface area contributed by atoms with Crippen LogP contribution in [0.2, 0.25) is 0 Å². The summed E-state index contributed by atoms with van der Waals surface area (Å²) in [5, 5.41) is 11.5. The Morgan fingerprint density at radius 1 is 0.957 bits per heavy atom. The first-order valence-electron chi connectivity index (χ1n) is 7.14. The number of hydrogen-bond donors (Lipinski definition) is 4. The van der Waals surface area contributed by atoms with Crippen LogP contribution in [-0.4, -0.2) is 22.0 Å². The first-order valence-corrected chi connectivity index (χ1v) is 7.96. The van der Waals surface area contributed by atoms with Crippen LogP contribution in [0.15, 0.2) is 24.3 Å². The molecule has 0 heterocycles. The molecule has 0 spiro atoms. The number of hydrogen-bond acceptors (Lipinski definition) is 4. The average Bonchev–Trinajstić information content (AvgIpc) is 2.48. The first-order chi connectivity index (χ1) is 10.8. The Hall–Kier alpha value is -2.06. The summed E-state index contributed by atoms with van der Waals surface area (Å²) in [5.74, 6) is -0.425. The van der Waals surface area contributed by atoms with E-state index in [9.17, 15) is 9.59 Å². The number of amides is 2. The van der Waals surface area contributed by atoms with Crippen molar-refractivity contribution in [3.63, 3.8) is 0 Å². The van der Waals surface area contributed by atoms with E-state index in [1.165, 1.54) is 0 Å². The molecular weight excluding hydrogens is 332 g/mol. The van der Waals surface area contributed by atoms with Crippen LogP contribution in [0.3, 0.4) is 0 Å². The predicted octanol–water partition coefficient (Wildman–Crippen LogP) is 2.38. The molecule has 1 rings (SSSR count). The summed E-state index contributed by atoms with van der Waals surface area (Å²) < 4.78 is 0. The molecule has 0 aliphatic heterocycles. The van der Waals surface area contributed by atoms with Crippen LogP contribution in [0.1, 0.15) is 27.2 Å². The molecule has 124 valence electrons. The van der Waals surface area contributed by atoms with Gasteiger partial charge in [-0.1, -0.05) is 20.8 Å². The maximum atomic E-state index is 11.5. The SMILES string of the molecule is CCC(=O)NC(=S)Nc1ccc(NC(=S)NC(=O)C(C)C)cc1. The fourth-order valence-electron chi connectivity index (χ4n) is 1.43.